The number of carbonyl (C=O) groups excluding carboxylic acids is 2. The number of unbranched alkanes of at least 4 members (excludes halogenated alkanes) is 8. The highest BCUT2D eigenvalue weighted by atomic mass is 16.8. The van der Waals surface area contributed by atoms with Crippen LogP contribution in [-0.4, -0.2) is 24.4 Å². The molecule has 1 heterocycles. The van der Waals surface area contributed by atoms with Crippen LogP contribution in [0.15, 0.2) is 48.5 Å². The molecule has 0 radical (unpaired) electrons. The van der Waals surface area contributed by atoms with Gasteiger partial charge >= 0.3 is 6.09 Å². The second-order valence-corrected chi connectivity index (χ2v) is 8.76. The maximum atomic E-state index is 12.4. The maximum absolute atomic E-state index is 12.4. The molecule has 1 fully saturated rings. The van der Waals surface area contributed by atoms with E-state index in [9.17, 15) is 9.59 Å². The van der Waals surface area contributed by atoms with Gasteiger partial charge in [0.15, 0.2) is 0 Å². The van der Waals surface area contributed by atoms with Gasteiger partial charge in [-0.05, 0) is 48.7 Å². The number of imide groups is 1. The molecule has 5 nitrogen and oxygen atoms in total. The molecule has 0 aromatic heterocycles. The van der Waals surface area contributed by atoms with Gasteiger partial charge in [0, 0.05) is 17.5 Å². The largest absolute Gasteiger partial charge is 0.416 e. The molecule has 180 valence electrons. The minimum absolute atomic E-state index is 0.125. The first-order valence-electron chi connectivity index (χ1n) is 12.4. The smallest absolute Gasteiger partial charge is 0.416 e. The summed E-state index contributed by atoms with van der Waals surface area (Å²) in [6.45, 7) is 4.04. The molecular formula is C29H35NO4. The van der Waals surface area contributed by atoms with Crippen molar-refractivity contribution in [1.29, 1.82) is 0 Å². The third-order valence-corrected chi connectivity index (χ3v) is 5.80. The van der Waals surface area contributed by atoms with Gasteiger partial charge in [-0.3, -0.25) is 10.1 Å². The zero-order valence-corrected chi connectivity index (χ0v) is 20.3. The van der Waals surface area contributed by atoms with Gasteiger partial charge < -0.3 is 9.47 Å². The lowest BCUT2D eigenvalue weighted by molar-refractivity contribution is 0.0802. The molecule has 2 aromatic carbocycles. The number of hydrogen-bond donors (Lipinski definition) is 1. The highest BCUT2D eigenvalue weighted by Gasteiger charge is 2.38. The molecule has 1 aliphatic heterocycles. The third-order valence-electron chi connectivity index (χ3n) is 5.80. The molecule has 0 bridgehead atoms. The van der Waals surface area contributed by atoms with Gasteiger partial charge in [0.2, 0.25) is 6.29 Å². The Morgan fingerprint density at radius 3 is 2.29 bits per heavy atom. The maximum Gasteiger partial charge on any atom is 0.416 e. The number of carbonyl (C=O) groups is 2. The second-order valence-electron chi connectivity index (χ2n) is 8.76. The molecule has 0 unspecified atom stereocenters. The van der Waals surface area contributed by atoms with Crippen LogP contribution in [0.1, 0.15) is 87.6 Å². The van der Waals surface area contributed by atoms with Crippen LogP contribution in [-0.2, 0) is 9.47 Å². The van der Waals surface area contributed by atoms with Crippen LogP contribution in [0.2, 0.25) is 0 Å². The van der Waals surface area contributed by atoms with Crippen molar-refractivity contribution in [3.8, 4) is 23.0 Å². The van der Waals surface area contributed by atoms with Crippen LogP contribution in [0.3, 0.4) is 0 Å². The number of ether oxygens (including phenoxy) is 2. The van der Waals surface area contributed by atoms with Gasteiger partial charge in [0.25, 0.3) is 5.91 Å². The number of rotatable bonds is 11. The third kappa shape index (κ3) is 8.68. The summed E-state index contributed by atoms with van der Waals surface area (Å²) in [6, 6.07) is 15.1. The minimum atomic E-state index is -0.807. The Balaban J connectivity index is 1.49. The summed E-state index contributed by atoms with van der Waals surface area (Å²) >= 11 is 0. The van der Waals surface area contributed by atoms with Gasteiger partial charge in [-0.25, -0.2) is 4.79 Å². The fraction of sp³-hybridized carbons (Fsp3) is 0.448. The first-order valence-corrected chi connectivity index (χ1v) is 12.4. The van der Waals surface area contributed by atoms with E-state index >= 15 is 0 Å². The van der Waals surface area contributed by atoms with Crippen LogP contribution >= 0.6 is 0 Å². The Morgan fingerprint density at radius 2 is 1.59 bits per heavy atom. The van der Waals surface area contributed by atoms with Crippen molar-refractivity contribution in [3.63, 3.8) is 0 Å². The van der Waals surface area contributed by atoms with Gasteiger partial charge in [0.05, 0.1) is 0 Å². The molecule has 2 amide bonds. The molecule has 34 heavy (non-hydrogen) atoms. The first kappa shape index (κ1) is 25.5. The average Bonchev–Trinajstić information content (AvgIpc) is 3.54. The van der Waals surface area contributed by atoms with Crippen molar-refractivity contribution in [2.24, 2.45) is 0 Å². The number of amides is 2. The molecule has 1 aliphatic rings. The Kier molecular flexibility index (Phi) is 10.2. The van der Waals surface area contributed by atoms with E-state index in [1.54, 1.807) is 25.1 Å². The predicted molar refractivity (Wildman–Crippen MR) is 134 cm³/mol. The molecule has 2 atom stereocenters. The van der Waals surface area contributed by atoms with E-state index < -0.39 is 18.3 Å². The Bertz CT molecular complexity index is 1020. The highest BCUT2D eigenvalue weighted by Crippen LogP contribution is 2.23. The molecule has 1 N–H and O–H groups in total. The van der Waals surface area contributed by atoms with Crippen LogP contribution in [0.5, 0.6) is 0 Å². The summed E-state index contributed by atoms with van der Waals surface area (Å²) in [5.74, 6) is 6.04. The molecule has 2 aromatic rings. The van der Waals surface area contributed by atoms with Crippen molar-refractivity contribution in [3.05, 3.63) is 59.7 Å². The quantitative estimate of drug-likeness (QED) is 0.226. The van der Waals surface area contributed by atoms with Gasteiger partial charge in [-0.2, -0.15) is 0 Å². The summed E-state index contributed by atoms with van der Waals surface area (Å²) in [5, 5.41) is 2.24. The molecule has 3 rings (SSSR count). The van der Waals surface area contributed by atoms with E-state index in [1.165, 1.54) is 44.9 Å². The van der Waals surface area contributed by atoms with Crippen LogP contribution in [0.4, 0.5) is 4.79 Å². The second kappa shape index (κ2) is 13.6. The number of nitrogens with one attached hydrogen (secondary N) is 1. The molecule has 0 saturated carbocycles. The Hall–Kier alpha value is -3.10. The van der Waals surface area contributed by atoms with E-state index in [0.717, 1.165) is 29.5 Å². The summed E-state index contributed by atoms with van der Waals surface area (Å²) in [6.07, 6.45) is 9.80. The number of epoxide rings is 1. The lowest BCUT2D eigenvalue weighted by Crippen LogP contribution is -2.31. The van der Waals surface area contributed by atoms with Crippen LogP contribution in [0, 0.1) is 11.8 Å². The zero-order valence-electron chi connectivity index (χ0n) is 20.3. The standard InChI is InChI=1S/C29H35NO4/c1-3-4-5-6-7-8-9-10-11-12-15-23-16-13-17-24(20-23)25-18-14-19-26(21-25)27(31)30-29(32)34-28-22(2)33-28/h13-14,16-22,28H,3-11H2,1-2H3,(H,30,31,32)/t22-,28-/m0/s1. The SMILES string of the molecule is CCCCCCCCCCC#Cc1cccc(-c2cccc(C(=O)NC(=O)O[C@@H]3O[C@H]3C)c2)c1. The van der Waals surface area contributed by atoms with E-state index in [1.807, 2.05) is 30.3 Å². The van der Waals surface area contributed by atoms with Gasteiger partial charge in [0.1, 0.15) is 6.10 Å². The predicted octanol–water partition coefficient (Wildman–Crippen LogP) is 6.85. The van der Waals surface area contributed by atoms with E-state index in [2.05, 4.69) is 24.1 Å². The van der Waals surface area contributed by atoms with E-state index in [0.29, 0.717) is 5.56 Å². The fourth-order valence-electron chi connectivity index (χ4n) is 3.72. The minimum Gasteiger partial charge on any atom is -0.416 e. The zero-order chi connectivity index (χ0) is 24.2. The Labute approximate surface area is 203 Å². The van der Waals surface area contributed by atoms with Crippen molar-refractivity contribution in [2.45, 2.75) is 84.0 Å². The normalized spacial score (nSPS) is 16.3. The highest BCUT2D eigenvalue weighted by molar-refractivity contribution is 6.03. The van der Waals surface area contributed by atoms with E-state index in [4.69, 9.17) is 9.47 Å². The Morgan fingerprint density at radius 1 is 0.941 bits per heavy atom. The van der Waals surface area contributed by atoms with Crippen LogP contribution in [0.25, 0.3) is 11.1 Å². The number of hydrogen-bond acceptors (Lipinski definition) is 4. The topological polar surface area (TPSA) is 67.9 Å². The number of alkyl carbamates (subject to hydrolysis) is 1. The van der Waals surface area contributed by atoms with Gasteiger partial charge in [-0.15, -0.1) is 0 Å². The lowest BCUT2D eigenvalue weighted by atomic mass is 10.0. The lowest BCUT2D eigenvalue weighted by Gasteiger charge is -2.07. The number of benzene rings is 2. The monoisotopic (exact) mass is 461 g/mol. The summed E-state index contributed by atoms with van der Waals surface area (Å²) in [4.78, 5) is 24.2. The summed E-state index contributed by atoms with van der Waals surface area (Å²) in [7, 11) is 0. The summed E-state index contributed by atoms with van der Waals surface area (Å²) < 4.78 is 10.0. The van der Waals surface area contributed by atoms with Crippen LogP contribution < -0.4 is 5.32 Å². The van der Waals surface area contributed by atoms with E-state index in [-0.39, 0.29) is 6.10 Å². The molecule has 0 aliphatic carbocycles. The molecular weight excluding hydrogens is 426 g/mol. The molecule has 0 spiro atoms. The summed E-state index contributed by atoms with van der Waals surface area (Å²) in [5.41, 5.74) is 3.18. The van der Waals surface area contributed by atoms with Gasteiger partial charge in [-0.1, -0.05) is 88.0 Å². The van der Waals surface area contributed by atoms with Crippen molar-refractivity contribution in [2.75, 3.05) is 0 Å². The molecule has 5 heteroatoms. The average molecular weight is 462 g/mol. The first-order chi connectivity index (χ1) is 16.6. The van der Waals surface area contributed by atoms with Crippen molar-refractivity contribution in [1.82, 2.24) is 5.32 Å². The fourth-order valence-corrected chi connectivity index (χ4v) is 3.72. The van der Waals surface area contributed by atoms with Crippen molar-refractivity contribution < 1.29 is 19.1 Å². The molecule has 1 saturated heterocycles. The van der Waals surface area contributed by atoms with Crippen molar-refractivity contribution >= 4 is 12.0 Å².